The van der Waals surface area contributed by atoms with E-state index in [1.165, 1.54) is 0 Å². The number of carbonyl (C=O) groups excluding carboxylic acids is 1. The lowest BCUT2D eigenvalue weighted by Crippen LogP contribution is -2.44. The number of alkyl halides is 2. The van der Waals surface area contributed by atoms with E-state index in [-0.39, 0.29) is 26.1 Å². The van der Waals surface area contributed by atoms with Crippen LogP contribution < -0.4 is 0 Å². The van der Waals surface area contributed by atoms with Gasteiger partial charge in [0, 0.05) is 20.1 Å². The van der Waals surface area contributed by atoms with Gasteiger partial charge in [-0.25, -0.2) is 8.78 Å². The van der Waals surface area contributed by atoms with Crippen LogP contribution in [0.4, 0.5) is 8.78 Å². The Morgan fingerprint density at radius 3 is 2.17 bits per heavy atom. The van der Waals surface area contributed by atoms with Crippen LogP contribution in [0.15, 0.2) is 0 Å². The van der Waals surface area contributed by atoms with Gasteiger partial charge >= 0.3 is 0 Å². The monoisotopic (exact) mass is 178 g/mol. The molecule has 12 heavy (non-hydrogen) atoms. The summed E-state index contributed by atoms with van der Waals surface area (Å²) in [5.74, 6) is -2.93. The normalized spacial score (nSPS) is 23.6. The van der Waals surface area contributed by atoms with Crippen LogP contribution in [0.25, 0.3) is 0 Å². The molecular formula is C8H12F2O2. The SMILES string of the molecule is CC(F)(F)C1(C=O)CCOCC1. The third kappa shape index (κ3) is 1.48. The second-order valence-electron chi connectivity index (χ2n) is 3.27. The van der Waals surface area contributed by atoms with Crippen LogP contribution in [0.3, 0.4) is 0 Å². The zero-order chi connectivity index (χ0) is 9.24. The van der Waals surface area contributed by atoms with Gasteiger partial charge in [0.1, 0.15) is 6.29 Å². The Morgan fingerprint density at radius 2 is 1.92 bits per heavy atom. The highest BCUT2D eigenvalue weighted by atomic mass is 19.3. The molecule has 0 saturated carbocycles. The fourth-order valence-corrected chi connectivity index (χ4v) is 1.40. The number of rotatable bonds is 2. The van der Waals surface area contributed by atoms with Crippen molar-refractivity contribution >= 4 is 6.29 Å². The van der Waals surface area contributed by atoms with Gasteiger partial charge in [0.05, 0.1) is 5.41 Å². The molecule has 0 atom stereocenters. The topological polar surface area (TPSA) is 26.3 Å². The molecule has 0 spiro atoms. The van der Waals surface area contributed by atoms with Gasteiger partial charge in [0.2, 0.25) is 0 Å². The average Bonchev–Trinajstić information content (AvgIpc) is 2.04. The lowest BCUT2D eigenvalue weighted by Gasteiger charge is -2.36. The largest absolute Gasteiger partial charge is 0.381 e. The maximum absolute atomic E-state index is 13.0. The van der Waals surface area contributed by atoms with E-state index in [1.807, 2.05) is 0 Å². The maximum Gasteiger partial charge on any atom is 0.257 e. The minimum absolute atomic E-state index is 0.125. The van der Waals surface area contributed by atoms with Crippen LogP contribution in [0.2, 0.25) is 0 Å². The van der Waals surface area contributed by atoms with Crippen molar-refractivity contribution in [1.29, 1.82) is 0 Å². The van der Waals surface area contributed by atoms with Gasteiger partial charge < -0.3 is 9.53 Å². The number of aldehydes is 1. The Kier molecular flexibility index (Phi) is 2.46. The van der Waals surface area contributed by atoms with Crippen LogP contribution in [0, 0.1) is 5.41 Å². The van der Waals surface area contributed by atoms with Gasteiger partial charge in [-0.15, -0.1) is 0 Å². The first-order valence-corrected chi connectivity index (χ1v) is 3.94. The third-order valence-corrected chi connectivity index (χ3v) is 2.48. The zero-order valence-electron chi connectivity index (χ0n) is 6.98. The zero-order valence-corrected chi connectivity index (χ0v) is 6.98. The molecule has 4 heteroatoms. The number of hydrogen-bond acceptors (Lipinski definition) is 2. The number of halogens is 2. The highest BCUT2D eigenvalue weighted by molar-refractivity contribution is 5.61. The number of carbonyl (C=O) groups is 1. The maximum atomic E-state index is 13.0. The molecule has 1 fully saturated rings. The van der Waals surface area contributed by atoms with Gasteiger partial charge in [-0.1, -0.05) is 0 Å². The summed E-state index contributed by atoms with van der Waals surface area (Å²) in [6.45, 7) is 1.30. The smallest absolute Gasteiger partial charge is 0.257 e. The van der Waals surface area contributed by atoms with Crippen molar-refractivity contribution in [3.05, 3.63) is 0 Å². The molecule has 0 bridgehead atoms. The summed E-state index contributed by atoms with van der Waals surface area (Å²) < 4.78 is 30.9. The molecule has 0 aromatic rings. The molecule has 0 amide bonds. The molecule has 1 heterocycles. The molecule has 1 aliphatic rings. The van der Waals surface area contributed by atoms with E-state index in [1.54, 1.807) is 0 Å². The molecular weight excluding hydrogens is 166 g/mol. The predicted octanol–water partition coefficient (Wildman–Crippen LogP) is 1.64. The lowest BCUT2D eigenvalue weighted by atomic mass is 9.76. The summed E-state index contributed by atoms with van der Waals surface area (Å²) in [5, 5.41) is 0. The van der Waals surface area contributed by atoms with Crippen molar-refractivity contribution in [3.8, 4) is 0 Å². The van der Waals surface area contributed by atoms with Gasteiger partial charge in [-0.3, -0.25) is 0 Å². The molecule has 0 aliphatic carbocycles. The van der Waals surface area contributed by atoms with E-state index in [0.717, 1.165) is 6.92 Å². The van der Waals surface area contributed by atoms with E-state index in [9.17, 15) is 13.6 Å². The highest BCUT2D eigenvalue weighted by Crippen LogP contribution is 2.42. The highest BCUT2D eigenvalue weighted by Gasteiger charge is 2.50. The quantitative estimate of drug-likeness (QED) is 0.601. The summed E-state index contributed by atoms with van der Waals surface area (Å²) in [7, 11) is 0. The van der Waals surface area contributed by atoms with Crippen molar-refractivity contribution in [1.82, 2.24) is 0 Å². The third-order valence-electron chi connectivity index (χ3n) is 2.48. The molecule has 1 aliphatic heterocycles. The van der Waals surface area contributed by atoms with Gasteiger partial charge in [0.15, 0.2) is 0 Å². The predicted molar refractivity (Wildman–Crippen MR) is 39.2 cm³/mol. The van der Waals surface area contributed by atoms with Crippen molar-refractivity contribution in [2.75, 3.05) is 13.2 Å². The number of hydrogen-bond donors (Lipinski definition) is 0. The van der Waals surface area contributed by atoms with Crippen molar-refractivity contribution < 1.29 is 18.3 Å². The number of ether oxygens (including phenoxy) is 1. The van der Waals surface area contributed by atoms with E-state index in [4.69, 9.17) is 4.74 Å². The Labute approximate surface area is 69.9 Å². The van der Waals surface area contributed by atoms with Crippen LogP contribution in [-0.2, 0) is 9.53 Å². The Balaban J connectivity index is 2.80. The molecule has 0 N–H and O–H groups in total. The summed E-state index contributed by atoms with van der Waals surface area (Å²) in [5.41, 5.74) is -1.48. The average molecular weight is 178 g/mol. The first-order chi connectivity index (χ1) is 5.52. The van der Waals surface area contributed by atoms with Gasteiger partial charge in [-0.05, 0) is 12.8 Å². The second-order valence-corrected chi connectivity index (χ2v) is 3.27. The van der Waals surface area contributed by atoms with E-state index in [2.05, 4.69) is 0 Å². The summed E-state index contributed by atoms with van der Waals surface area (Å²) in [4.78, 5) is 10.6. The Morgan fingerprint density at radius 1 is 1.42 bits per heavy atom. The van der Waals surface area contributed by atoms with Gasteiger partial charge in [0.25, 0.3) is 5.92 Å². The molecule has 0 unspecified atom stereocenters. The van der Waals surface area contributed by atoms with Crippen LogP contribution >= 0.6 is 0 Å². The summed E-state index contributed by atoms with van der Waals surface area (Å²) >= 11 is 0. The van der Waals surface area contributed by atoms with Crippen LogP contribution in [-0.4, -0.2) is 25.4 Å². The molecule has 1 rings (SSSR count). The van der Waals surface area contributed by atoms with E-state index >= 15 is 0 Å². The molecule has 2 nitrogen and oxygen atoms in total. The van der Waals surface area contributed by atoms with Crippen molar-refractivity contribution in [2.45, 2.75) is 25.7 Å². The van der Waals surface area contributed by atoms with Crippen molar-refractivity contribution in [2.24, 2.45) is 5.41 Å². The van der Waals surface area contributed by atoms with Crippen molar-refractivity contribution in [3.63, 3.8) is 0 Å². The van der Waals surface area contributed by atoms with Crippen LogP contribution in [0.5, 0.6) is 0 Å². The minimum Gasteiger partial charge on any atom is -0.381 e. The van der Waals surface area contributed by atoms with Crippen LogP contribution in [0.1, 0.15) is 19.8 Å². The fourth-order valence-electron chi connectivity index (χ4n) is 1.40. The molecule has 0 aromatic heterocycles. The lowest BCUT2D eigenvalue weighted by molar-refractivity contribution is -0.161. The second kappa shape index (κ2) is 3.09. The molecule has 1 saturated heterocycles. The molecule has 0 aromatic carbocycles. The first-order valence-electron chi connectivity index (χ1n) is 3.94. The summed E-state index contributed by atoms with van der Waals surface area (Å²) in [6, 6.07) is 0. The van der Waals surface area contributed by atoms with E-state index < -0.39 is 11.3 Å². The standard InChI is InChI=1S/C8H12F2O2/c1-7(9,10)8(6-11)2-4-12-5-3-8/h6H,2-5H2,1H3. The van der Waals surface area contributed by atoms with E-state index in [0.29, 0.717) is 6.29 Å². The first kappa shape index (κ1) is 9.58. The molecule has 0 radical (unpaired) electrons. The molecule has 70 valence electrons. The Hall–Kier alpha value is -0.510. The summed E-state index contributed by atoms with van der Waals surface area (Å²) in [6.07, 6.45) is 0.634. The van der Waals surface area contributed by atoms with Gasteiger partial charge in [-0.2, -0.15) is 0 Å². The fraction of sp³-hybridized carbons (Fsp3) is 0.875. The Bertz CT molecular complexity index is 168. The minimum atomic E-state index is -2.93.